The summed E-state index contributed by atoms with van der Waals surface area (Å²) >= 11 is 0.941. The van der Waals surface area contributed by atoms with Crippen molar-refractivity contribution in [2.24, 2.45) is 0 Å². The lowest BCUT2D eigenvalue weighted by Gasteiger charge is -2.20. The summed E-state index contributed by atoms with van der Waals surface area (Å²) in [4.78, 5) is 11.8. The van der Waals surface area contributed by atoms with Crippen LogP contribution < -0.4 is 5.32 Å². The van der Waals surface area contributed by atoms with Gasteiger partial charge in [0.1, 0.15) is 0 Å². The van der Waals surface area contributed by atoms with E-state index in [9.17, 15) is 23.1 Å². The molecule has 1 atom stereocenters. The van der Waals surface area contributed by atoms with E-state index in [4.69, 9.17) is 0 Å². The molecule has 0 fully saturated rings. The number of rotatable bonds is 4. The molecular formula is C12H10F3N3O2S. The predicted octanol–water partition coefficient (Wildman–Crippen LogP) is 2.02. The number of benzene rings is 1. The molecule has 0 spiro atoms. The Balaban J connectivity index is 2.28. The lowest BCUT2D eigenvalue weighted by molar-refractivity contribution is -0.138. The first-order valence-electron chi connectivity index (χ1n) is 5.78. The summed E-state index contributed by atoms with van der Waals surface area (Å²) in [6, 6.07) is 3.58. The molecule has 2 aromatic rings. The van der Waals surface area contributed by atoms with E-state index in [2.05, 4.69) is 14.9 Å². The van der Waals surface area contributed by atoms with E-state index in [0.717, 1.165) is 17.6 Å². The molecule has 5 nitrogen and oxygen atoms in total. The number of halogens is 3. The number of nitrogens with one attached hydrogen (secondary N) is 1. The smallest absolute Gasteiger partial charge is 0.394 e. The van der Waals surface area contributed by atoms with Crippen LogP contribution in [0.4, 0.5) is 13.2 Å². The minimum Gasteiger partial charge on any atom is -0.394 e. The topological polar surface area (TPSA) is 75.1 Å². The lowest BCUT2D eigenvalue weighted by Crippen LogP contribution is -2.32. The summed E-state index contributed by atoms with van der Waals surface area (Å²) < 4.78 is 42.3. The number of aromatic nitrogens is 2. The van der Waals surface area contributed by atoms with E-state index in [1.807, 2.05) is 0 Å². The van der Waals surface area contributed by atoms with Crippen LogP contribution in [0.1, 0.15) is 27.7 Å². The van der Waals surface area contributed by atoms with E-state index < -0.39 is 30.3 Å². The molecular weight excluding hydrogens is 307 g/mol. The van der Waals surface area contributed by atoms with Crippen molar-refractivity contribution in [1.29, 1.82) is 0 Å². The second kappa shape index (κ2) is 6.19. The van der Waals surface area contributed by atoms with E-state index in [1.165, 1.54) is 23.6 Å². The second-order valence-corrected chi connectivity index (χ2v) is 4.69. The molecule has 0 aliphatic rings. The van der Waals surface area contributed by atoms with Crippen LogP contribution in [0.2, 0.25) is 0 Å². The summed E-state index contributed by atoms with van der Waals surface area (Å²) in [5.41, 5.74) is -1.12. The Bertz CT molecular complexity index is 616. The van der Waals surface area contributed by atoms with Gasteiger partial charge in [-0.3, -0.25) is 4.79 Å². The Labute approximate surface area is 121 Å². The molecule has 0 saturated carbocycles. The van der Waals surface area contributed by atoms with Crippen LogP contribution >= 0.6 is 11.5 Å². The standard InChI is InChI=1S/C12H10F3N3O2S/c13-12(14,15)8-4-2-1-3-7(8)9(5-19)16-11(20)10-6-21-18-17-10/h1-4,6,9,19H,5H2,(H,16,20). The largest absolute Gasteiger partial charge is 0.416 e. The SMILES string of the molecule is O=C(NC(CO)c1ccccc1C(F)(F)F)c1csnn1. The van der Waals surface area contributed by atoms with Gasteiger partial charge in [-0.05, 0) is 23.2 Å². The first-order chi connectivity index (χ1) is 9.93. The number of hydrogen-bond acceptors (Lipinski definition) is 5. The Morgan fingerprint density at radius 3 is 2.67 bits per heavy atom. The molecule has 1 unspecified atom stereocenters. The molecule has 1 amide bonds. The van der Waals surface area contributed by atoms with Crippen LogP contribution in [0.5, 0.6) is 0 Å². The van der Waals surface area contributed by atoms with Crippen molar-refractivity contribution in [2.75, 3.05) is 6.61 Å². The highest BCUT2D eigenvalue weighted by Crippen LogP contribution is 2.34. The molecule has 2 N–H and O–H groups in total. The monoisotopic (exact) mass is 317 g/mol. The molecule has 0 aliphatic heterocycles. The zero-order valence-corrected chi connectivity index (χ0v) is 11.3. The Kier molecular flexibility index (Phi) is 4.53. The third kappa shape index (κ3) is 3.56. The molecule has 1 aromatic heterocycles. The molecule has 9 heteroatoms. The van der Waals surface area contributed by atoms with Crippen LogP contribution in [0.25, 0.3) is 0 Å². The highest BCUT2D eigenvalue weighted by molar-refractivity contribution is 7.03. The van der Waals surface area contributed by atoms with E-state index in [-0.39, 0.29) is 11.3 Å². The van der Waals surface area contributed by atoms with E-state index in [0.29, 0.717) is 0 Å². The van der Waals surface area contributed by atoms with Crippen LogP contribution in [-0.2, 0) is 6.18 Å². The summed E-state index contributed by atoms with van der Waals surface area (Å²) in [5.74, 6) is -0.695. The van der Waals surface area contributed by atoms with Crippen molar-refractivity contribution in [3.8, 4) is 0 Å². The molecule has 0 bridgehead atoms. The van der Waals surface area contributed by atoms with Crippen LogP contribution in [-0.4, -0.2) is 27.2 Å². The zero-order chi connectivity index (χ0) is 15.5. The number of nitrogens with zero attached hydrogens (tertiary/aromatic N) is 2. The summed E-state index contributed by atoms with van der Waals surface area (Å²) in [6.07, 6.45) is -4.57. The van der Waals surface area contributed by atoms with Gasteiger partial charge in [-0.15, -0.1) is 5.10 Å². The quantitative estimate of drug-likeness (QED) is 0.905. The fraction of sp³-hybridized carbons (Fsp3) is 0.250. The number of hydrogen-bond donors (Lipinski definition) is 2. The van der Waals surface area contributed by atoms with Gasteiger partial charge in [-0.1, -0.05) is 22.7 Å². The number of alkyl halides is 3. The Hall–Kier alpha value is -2.00. The minimum absolute atomic E-state index is 0.0112. The molecule has 0 aliphatic carbocycles. The fourth-order valence-corrected chi connectivity index (χ4v) is 2.21. The van der Waals surface area contributed by atoms with Crippen molar-refractivity contribution in [3.63, 3.8) is 0 Å². The molecule has 2 rings (SSSR count). The molecule has 21 heavy (non-hydrogen) atoms. The van der Waals surface area contributed by atoms with Crippen molar-refractivity contribution >= 4 is 17.4 Å². The highest BCUT2D eigenvalue weighted by Gasteiger charge is 2.35. The highest BCUT2D eigenvalue weighted by atomic mass is 32.1. The Morgan fingerprint density at radius 1 is 1.38 bits per heavy atom. The van der Waals surface area contributed by atoms with E-state index >= 15 is 0 Å². The minimum atomic E-state index is -4.57. The third-order valence-corrected chi connectivity index (χ3v) is 3.23. The number of carbonyl (C=O) groups excluding carboxylic acids is 1. The maximum atomic E-state index is 12.9. The van der Waals surface area contributed by atoms with Crippen molar-refractivity contribution in [3.05, 3.63) is 46.5 Å². The van der Waals surface area contributed by atoms with Crippen LogP contribution in [0.15, 0.2) is 29.6 Å². The van der Waals surface area contributed by atoms with Gasteiger partial charge in [0.05, 0.1) is 18.2 Å². The van der Waals surface area contributed by atoms with Crippen molar-refractivity contribution in [2.45, 2.75) is 12.2 Å². The van der Waals surface area contributed by atoms with Gasteiger partial charge < -0.3 is 10.4 Å². The summed E-state index contributed by atoms with van der Waals surface area (Å²) in [7, 11) is 0. The molecule has 112 valence electrons. The van der Waals surface area contributed by atoms with Gasteiger partial charge in [0, 0.05) is 5.38 Å². The van der Waals surface area contributed by atoms with Crippen molar-refractivity contribution < 1.29 is 23.1 Å². The maximum absolute atomic E-state index is 12.9. The van der Waals surface area contributed by atoms with Crippen molar-refractivity contribution in [1.82, 2.24) is 14.9 Å². The third-order valence-electron chi connectivity index (χ3n) is 2.72. The molecule has 0 radical (unpaired) electrons. The van der Waals surface area contributed by atoms with Gasteiger partial charge in [-0.2, -0.15) is 13.2 Å². The van der Waals surface area contributed by atoms with Crippen LogP contribution in [0, 0.1) is 0 Å². The average molecular weight is 317 g/mol. The van der Waals surface area contributed by atoms with Crippen LogP contribution in [0.3, 0.4) is 0 Å². The Morgan fingerprint density at radius 2 is 2.10 bits per heavy atom. The molecule has 0 saturated heterocycles. The number of aliphatic hydroxyl groups excluding tert-OH is 1. The number of carbonyl (C=O) groups is 1. The fourth-order valence-electron chi connectivity index (χ4n) is 1.78. The first kappa shape index (κ1) is 15.4. The van der Waals surface area contributed by atoms with Gasteiger partial charge in [0.15, 0.2) is 5.69 Å². The van der Waals surface area contributed by atoms with Gasteiger partial charge in [0.25, 0.3) is 5.91 Å². The maximum Gasteiger partial charge on any atom is 0.416 e. The van der Waals surface area contributed by atoms with E-state index in [1.54, 1.807) is 0 Å². The second-order valence-electron chi connectivity index (χ2n) is 4.08. The summed E-state index contributed by atoms with van der Waals surface area (Å²) in [6.45, 7) is -0.670. The lowest BCUT2D eigenvalue weighted by atomic mass is 10.00. The average Bonchev–Trinajstić information content (AvgIpc) is 2.98. The van der Waals surface area contributed by atoms with Gasteiger partial charge in [-0.25, -0.2) is 0 Å². The molecule has 1 heterocycles. The zero-order valence-electron chi connectivity index (χ0n) is 10.5. The predicted molar refractivity (Wildman–Crippen MR) is 68.6 cm³/mol. The number of amides is 1. The normalized spacial score (nSPS) is 13.0. The summed E-state index contributed by atoms with van der Waals surface area (Å²) in [5, 5.41) is 16.5. The van der Waals surface area contributed by atoms with Gasteiger partial charge >= 0.3 is 6.18 Å². The first-order valence-corrected chi connectivity index (χ1v) is 6.62. The van der Waals surface area contributed by atoms with Gasteiger partial charge in [0.2, 0.25) is 0 Å². The molecule has 1 aromatic carbocycles. The number of aliphatic hydroxyl groups is 1.